The lowest BCUT2D eigenvalue weighted by molar-refractivity contribution is 0.0479. The number of aromatic nitrogens is 1. The van der Waals surface area contributed by atoms with E-state index in [1.807, 2.05) is 6.92 Å². The van der Waals surface area contributed by atoms with Gasteiger partial charge < -0.3 is 20.1 Å². The first-order valence-electron chi connectivity index (χ1n) is 6.21. The average molecular weight is 302 g/mol. The van der Waals surface area contributed by atoms with Crippen LogP contribution < -0.4 is 5.73 Å². The minimum absolute atomic E-state index is 0.0872. The van der Waals surface area contributed by atoms with Crippen molar-refractivity contribution in [2.24, 2.45) is 0 Å². The summed E-state index contributed by atoms with van der Waals surface area (Å²) >= 11 is 5.83. The number of anilines is 1. The highest BCUT2D eigenvalue weighted by atomic mass is 35.5. The Kier molecular flexibility index (Phi) is 6.70. The van der Waals surface area contributed by atoms with Crippen LogP contribution in [0, 0.1) is 0 Å². The summed E-state index contributed by atoms with van der Waals surface area (Å²) < 4.78 is 10.1. The number of nitrogen functional groups attached to an aromatic ring is 1. The third kappa shape index (κ3) is 4.63. The van der Waals surface area contributed by atoms with Crippen molar-refractivity contribution in [3.05, 3.63) is 22.8 Å². The van der Waals surface area contributed by atoms with Crippen molar-refractivity contribution < 1.29 is 14.3 Å². The number of nitrogens with zero attached hydrogens (tertiary/aromatic N) is 2. The SMILES string of the molecule is COCCN(C(=O)c1cc(N)nc(Cl)c1)C(C)COC. The van der Waals surface area contributed by atoms with E-state index in [0.717, 1.165) is 0 Å². The summed E-state index contributed by atoms with van der Waals surface area (Å²) in [7, 11) is 3.18. The predicted molar refractivity (Wildman–Crippen MR) is 77.9 cm³/mol. The maximum absolute atomic E-state index is 12.5. The second-order valence-corrected chi connectivity index (χ2v) is 4.79. The van der Waals surface area contributed by atoms with E-state index in [9.17, 15) is 4.79 Å². The predicted octanol–water partition coefficient (Wildman–Crippen LogP) is 1.44. The topological polar surface area (TPSA) is 77.7 Å². The minimum Gasteiger partial charge on any atom is -0.384 e. The molecule has 20 heavy (non-hydrogen) atoms. The normalized spacial score (nSPS) is 12.2. The third-order valence-electron chi connectivity index (χ3n) is 2.80. The zero-order valence-electron chi connectivity index (χ0n) is 11.9. The van der Waals surface area contributed by atoms with Gasteiger partial charge in [-0.05, 0) is 19.1 Å². The average Bonchev–Trinajstić information content (AvgIpc) is 2.38. The van der Waals surface area contributed by atoms with Crippen LogP contribution in [0.4, 0.5) is 5.82 Å². The zero-order chi connectivity index (χ0) is 15.1. The Labute approximate surface area is 123 Å². The molecule has 1 heterocycles. The Morgan fingerprint density at radius 3 is 2.70 bits per heavy atom. The van der Waals surface area contributed by atoms with Gasteiger partial charge in [0, 0.05) is 26.3 Å². The molecule has 6 nitrogen and oxygen atoms in total. The molecule has 0 saturated carbocycles. The summed E-state index contributed by atoms with van der Waals surface area (Å²) in [5, 5.41) is 0.194. The number of rotatable bonds is 7. The molecular weight excluding hydrogens is 282 g/mol. The smallest absolute Gasteiger partial charge is 0.254 e. The maximum atomic E-state index is 12.5. The molecule has 0 radical (unpaired) electrons. The van der Waals surface area contributed by atoms with Crippen molar-refractivity contribution in [2.45, 2.75) is 13.0 Å². The molecule has 2 N–H and O–H groups in total. The Balaban J connectivity index is 2.96. The van der Waals surface area contributed by atoms with Crippen LogP contribution in [0.1, 0.15) is 17.3 Å². The van der Waals surface area contributed by atoms with Crippen LogP contribution in [0.5, 0.6) is 0 Å². The van der Waals surface area contributed by atoms with Gasteiger partial charge >= 0.3 is 0 Å². The molecule has 1 amide bonds. The number of methoxy groups -OCH3 is 2. The van der Waals surface area contributed by atoms with E-state index >= 15 is 0 Å². The van der Waals surface area contributed by atoms with Crippen molar-refractivity contribution >= 4 is 23.3 Å². The van der Waals surface area contributed by atoms with E-state index < -0.39 is 0 Å². The standard InChI is InChI=1S/C13H20ClN3O3/c1-9(8-20-3)17(4-5-19-2)13(18)10-6-11(14)16-12(15)7-10/h6-7,9H,4-5,8H2,1-3H3,(H2,15,16). The Morgan fingerprint density at radius 2 is 2.15 bits per heavy atom. The van der Waals surface area contributed by atoms with Crippen molar-refractivity contribution in [1.82, 2.24) is 9.88 Å². The maximum Gasteiger partial charge on any atom is 0.254 e. The molecule has 0 aliphatic rings. The number of carbonyl (C=O) groups is 1. The van der Waals surface area contributed by atoms with Gasteiger partial charge in [-0.15, -0.1) is 0 Å². The number of carbonyl (C=O) groups excluding carboxylic acids is 1. The summed E-state index contributed by atoms with van der Waals surface area (Å²) in [4.78, 5) is 18.1. The summed E-state index contributed by atoms with van der Waals surface area (Å²) in [5.41, 5.74) is 6.02. The van der Waals surface area contributed by atoms with Gasteiger partial charge in [-0.1, -0.05) is 11.6 Å². The van der Waals surface area contributed by atoms with E-state index in [1.165, 1.54) is 12.1 Å². The number of pyridine rings is 1. The highest BCUT2D eigenvalue weighted by Gasteiger charge is 2.22. The van der Waals surface area contributed by atoms with E-state index in [2.05, 4.69) is 4.98 Å². The van der Waals surface area contributed by atoms with Gasteiger partial charge in [0.2, 0.25) is 0 Å². The largest absolute Gasteiger partial charge is 0.384 e. The molecule has 0 saturated heterocycles. The van der Waals surface area contributed by atoms with Gasteiger partial charge in [-0.25, -0.2) is 4.98 Å². The highest BCUT2D eigenvalue weighted by Crippen LogP contribution is 2.15. The molecule has 1 rings (SSSR count). The molecule has 112 valence electrons. The second-order valence-electron chi connectivity index (χ2n) is 4.40. The van der Waals surface area contributed by atoms with Crippen molar-refractivity contribution in [2.75, 3.05) is 39.7 Å². The summed E-state index contributed by atoms with van der Waals surface area (Å²) in [6.45, 7) is 3.24. The number of nitrogens with two attached hydrogens (primary N) is 1. The van der Waals surface area contributed by atoms with Gasteiger partial charge in [0.25, 0.3) is 5.91 Å². The van der Waals surface area contributed by atoms with Crippen LogP contribution in [-0.2, 0) is 9.47 Å². The lowest BCUT2D eigenvalue weighted by Crippen LogP contribution is -2.43. The Morgan fingerprint density at radius 1 is 1.45 bits per heavy atom. The van der Waals surface area contributed by atoms with Crippen molar-refractivity contribution in [3.8, 4) is 0 Å². The first-order chi connectivity index (χ1) is 9.49. The number of hydrogen-bond donors (Lipinski definition) is 1. The van der Waals surface area contributed by atoms with Gasteiger partial charge in [-0.3, -0.25) is 4.79 Å². The fourth-order valence-corrected chi connectivity index (χ4v) is 2.06. The lowest BCUT2D eigenvalue weighted by atomic mass is 10.2. The number of amides is 1. The molecule has 0 bridgehead atoms. The van der Waals surface area contributed by atoms with Crippen LogP contribution in [-0.4, -0.2) is 55.8 Å². The molecule has 1 aromatic heterocycles. The quantitative estimate of drug-likeness (QED) is 0.771. The van der Waals surface area contributed by atoms with E-state index in [1.54, 1.807) is 19.1 Å². The number of halogens is 1. The van der Waals surface area contributed by atoms with Crippen LogP contribution in [0.25, 0.3) is 0 Å². The Hall–Kier alpha value is -1.37. The van der Waals surface area contributed by atoms with Crippen LogP contribution >= 0.6 is 11.6 Å². The molecule has 0 aliphatic carbocycles. The molecule has 0 spiro atoms. The van der Waals surface area contributed by atoms with Gasteiger partial charge in [0.1, 0.15) is 11.0 Å². The van der Waals surface area contributed by atoms with Gasteiger partial charge in [0.05, 0.1) is 19.3 Å². The molecular formula is C13H20ClN3O3. The van der Waals surface area contributed by atoms with E-state index in [-0.39, 0.29) is 22.9 Å². The highest BCUT2D eigenvalue weighted by molar-refractivity contribution is 6.29. The molecule has 7 heteroatoms. The van der Waals surface area contributed by atoms with Crippen molar-refractivity contribution in [1.29, 1.82) is 0 Å². The lowest BCUT2D eigenvalue weighted by Gasteiger charge is -2.28. The second kappa shape index (κ2) is 8.04. The van der Waals surface area contributed by atoms with E-state index in [4.69, 9.17) is 26.8 Å². The molecule has 0 fully saturated rings. The Bertz CT molecular complexity index is 436. The van der Waals surface area contributed by atoms with Crippen LogP contribution in [0.15, 0.2) is 12.1 Å². The molecule has 1 aromatic rings. The summed E-state index contributed by atoms with van der Waals surface area (Å²) in [6, 6.07) is 2.92. The first kappa shape index (κ1) is 16.7. The minimum atomic E-state index is -0.178. The fraction of sp³-hybridized carbons (Fsp3) is 0.538. The first-order valence-corrected chi connectivity index (χ1v) is 6.59. The third-order valence-corrected chi connectivity index (χ3v) is 2.99. The van der Waals surface area contributed by atoms with Crippen LogP contribution in [0.3, 0.4) is 0 Å². The van der Waals surface area contributed by atoms with Crippen molar-refractivity contribution in [3.63, 3.8) is 0 Å². The van der Waals surface area contributed by atoms with Crippen LogP contribution in [0.2, 0.25) is 5.15 Å². The fourth-order valence-electron chi connectivity index (χ4n) is 1.85. The van der Waals surface area contributed by atoms with E-state index in [0.29, 0.717) is 25.3 Å². The molecule has 1 unspecified atom stereocenters. The van der Waals surface area contributed by atoms with Gasteiger partial charge in [0.15, 0.2) is 0 Å². The number of hydrogen-bond acceptors (Lipinski definition) is 5. The monoisotopic (exact) mass is 301 g/mol. The van der Waals surface area contributed by atoms with Gasteiger partial charge in [-0.2, -0.15) is 0 Å². The zero-order valence-corrected chi connectivity index (χ0v) is 12.7. The summed E-state index contributed by atoms with van der Waals surface area (Å²) in [5.74, 6) is 0.0366. The summed E-state index contributed by atoms with van der Waals surface area (Å²) in [6.07, 6.45) is 0. The molecule has 0 aliphatic heterocycles. The molecule has 1 atom stereocenters. The molecule has 0 aromatic carbocycles. The number of ether oxygens (including phenoxy) is 2.